The fourth-order valence-electron chi connectivity index (χ4n) is 3.69. The SMILES string of the molecule is FC(c1ccccc1)C(c1ccccc1)C1CCCCC1. The van der Waals surface area contributed by atoms with Crippen LogP contribution in [0.5, 0.6) is 0 Å². The standard InChI is InChI=1S/C20H23F/c21-20(18-14-8-3-9-15-18)19(16-10-4-1-5-11-16)17-12-6-2-7-13-17/h1,3-5,8-11,14-15,17,19-20H,2,6-7,12-13H2. The average molecular weight is 282 g/mol. The highest BCUT2D eigenvalue weighted by Gasteiger charge is 2.32. The molecule has 0 aliphatic heterocycles. The number of alkyl halides is 1. The molecule has 0 heterocycles. The lowest BCUT2D eigenvalue weighted by Crippen LogP contribution is -2.20. The molecule has 0 spiro atoms. The van der Waals surface area contributed by atoms with Gasteiger partial charge in [0.15, 0.2) is 0 Å². The van der Waals surface area contributed by atoms with Crippen molar-refractivity contribution in [3.63, 3.8) is 0 Å². The molecule has 110 valence electrons. The highest BCUT2D eigenvalue weighted by molar-refractivity contribution is 5.27. The molecule has 1 heteroatoms. The van der Waals surface area contributed by atoms with Crippen LogP contribution >= 0.6 is 0 Å². The zero-order chi connectivity index (χ0) is 14.5. The summed E-state index contributed by atoms with van der Waals surface area (Å²) >= 11 is 0. The lowest BCUT2D eigenvalue weighted by molar-refractivity contribution is 0.192. The Morgan fingerprint density at radius 2 is 1.24 bits per heavy atom. The lowest BCUT2D eigenvalue weighted by Gasteiger charge is -2.33. The Bertz CT molecular complexity index is 528. The molecule has 2 aromatic rings. The monoisotopic (exact) mass is 282 g/mol. The number of hydrogen-bond acceptors (Lipinski definition) is 0. The Morgan fingerprint density at radius 1 is 0.714 bits per heavy atom. The summed E-state index contributed by atoms with van der Waals surface area (Å²) in [5.41, 5.74) is 1.97. The molecular formula is C20H23F. The van der Waals surface area contributed by atoms with E-state index < -0.39 is 6.17 Å². The van der Waals surface area contributed by atoms with Gasteiger partial charge in [0.1, 0.15) is 6.17 Å². The summed E-state index contributed by atoms with van der Waals surface area (Å²) in [7, 11) is 0. The van der Waals surface area contributed by atoms with Gasteiger partial charge >= 0.3 is 0 Å². The van der Waals surface area contributed by atoms with Crippen molar-refractivity contribution >= 4 is 0 Å². The van der Waals surface area contributed by atoms with Crippen LogP contribution in [0.1, 0.15) is 55.3 Å². The van der Waals surface area contributed by atoms with Gasteiger partial charge in [-0.1, -0.05) is 79.9 Å². The van der Waals surface area contributed by atoms with E-state index in [4.69, 9.17) is 0 Å². The van der Waals surface area contributed by atoms with Crippen LogP contribution in [-0.4, -0.2) is 0 Å². The van der Waals surface area contributed by atoms with Gasteiger partial charge in [-0.3, -0.25) is 0 Å². The van der Waals surface area contributed by atoms with Gasteiger partial charge < -0.3 is 0 Å². The van der Waals surface area contributed by atoms with Crippen molar-refractivity contribution in [3.8, 4) is 0 Å². The van der Waals surface area contributed by atoms with Crippen LogP contribution < -0.4 is 0 Å². The number of hydrogen-bond donors (Lipinski definition) is 0. The second-order valence-electron chi connectivity index (χ2n) is 6.15. The maximum atomic E-state index is 15.3. The molecule has 0 aromatic heterocycles. The maximum absolute atomic E-state index is 15.3. The average Bonchev–Trinajstić information content (AvgIpc) is 2.58. The van der Waals surface area contributed by atoms with Crippen LogP contribution in [0.25, 0.3) is 0 Å². The van der Waals surface area contributed by atoms with Crippen LogP contribution in [0.15, 0.2) is 60.7 Å². The Morgan fingerprint density at radius 3 is 1.81 bits per heavy atom. The van der Waals surface area contributed by atoms with Crippen LogP contribution in [0.2, 0.25) is 0 Å². The molecule has 2 atom stereocenters. The zero-order valence-corrected chi connectivity index (χ0v) is 12.4. The van der Waals surface area contributed by atoms with E-state index in [1.807, 2.05) is 48.5 Å². The summed E-state index contributed by atoms with van der Waals surface area (Å²) in [6.45, 7) is 0. The van der Waals surface area contributed by atoms with Crippen molar-refractivity contribution in [2.45, 2.75) is 44.2 Å². The normalized spacial score (nSPS) is 19.1. The summed E-state index contributed by atoms with van der Waals surface area (Å²) in [6, 6.07) is 19.9. The molecule has 3 rings (SSSR count). The zero-order valence-electron chi connectivity index (χ0n) is 12.4. The molecule has 1 saturated carbocycles. The topological polar surface area (TPSA) is 0 Å². The minimum atomic E-state index is -0.906. The van der Waals surface area contributed by atoms with Crippen LogP contribution in [-0.2, 0) is 0 Å². The van der Waals surface area contributed by atoms with Crippen molar-refractivity contribution in [1.82, 2.24) is 0 Å². The van der Waals surface area contributed by atoms with Crippen molar-refractivity contribution < 1.29 is 4.39 Å². The second-order valence-corrected chi connectivity index (χ2v) is 6.15. The van der Waals surface area contributed by atoms with Crippen molar-refractivity contribution in [1.29, 1.82) is 0 Å². The van der Waals surface area contributed by atoms with E-state index in [1.165, 1.54) is 19.3 Å². The van der Waals surface area contributed by atoms with Crippen LogP contribution in [0.3, 0.4) is 0 Å². The summed E-state index contributed by atoms with van der Waals surface area (Å²) in [4.78, 5) is 0. The van der Waals surface area contributed by atoms with Gasteiger partial charge in [0.25, 0.3) is 0 Å². The second kappa shape index (κ2) is 6.89. The smallest absolute Gasteiger partial charge is 0.132 e. The molecule has 0 bridgehead atoms. The van der Waals surface area contributed by atoms with Crippen LogP contribution in [0, 0.1) is 5.92 Å². The molecule has 2 aromatic carbocycles. The van der Waals surface area contributed by atoms with E-state index in [0.717, 1.165) is 24.0 Å². The predicted octanol–water partition coefficient (Wildman–Crippen LogP) is 6.06. The highest BCUT2D eigenvalue weighted by Crippen LogP contribution is 2.45. The fraction of sp³-hybridized carbons (Fsp3) is 0.400. The van der Waals surface area contributed by atoms with Crippen molar-refractivity contribution in [3.05, 3.63) is 71.8 Å². The lowest BCUT2D eigenvalue weighted by atomic mass is 9.73. The van der Waals surface area contributed by atoms with E-state index in [9.17, 15) is 0 Å². The highest BCUT2D eigenvalue weighted by atomic mass is 19.1. The summed E-state index contributed by atoms with van der Waals surface area (Å²) in [5, 5.41) is 0. The van der Waals surface area contributed by atoms with Crippen molar-refractivity contribution in [2.24, 2.45) is 5.92 Å². The quantitative estimate of drug-likeness (QED) is 0.639. The van der Waals surface area contributed by atoms with E-state index >= 15 is 4.39 Å². The Balaban J connectivity index is 1.92. The minimum absolute atomic E-state index is 0.00565. The third-order valence-electron chi connectivity index (χ3n) is 4.78. The van der Waals surface area contributed by atoms with Gasteiger partial charge in [0.2, 0.25) is 0 Å². The molecule has 0 radical (unpaired) electrons. The number of halogens is 1. The molecular weight excluding hydrogens is 259 g/mol. The third kappa shape index (κ3) is 3.34. The molecule has 0 amide bonds. The Labute approximate surface area is 127 Å². The van der Waals surface area contributed by atoms with Crippen molar-refractivity contribution in [2.75, 3.05) is 0 Å². The Hall–Kier alpha value is -1.63. The number of benzene rings is 2. The third-order valence-corrected chi connectivity index (χ3v) is 4.78. The van der Waals surface area contributed by atoms with Gasteiger partial charge in [-0.2, -0.15) is 0 Å². The first-order valence-corrected chi connectivity index (χ1v) is 8.10. The molecule has 0 N–H and O–H groups in total. The van der Waals surface area contributed by atoms with E-state index in [-0.39, 0.29) is 5.92 Å². The molecule has 21 heavy (non-hydrogen) atoms. The van der Waals surface area contributed by atoms with E-state index in [2.05, 4.69) is 12.1 Å². The van der Waals surface area contributed by atoms with E-state index in [1.54, 1.807) is 0 Å². The summed E-state index contributed by atoms with van der Waals surface area (Å²) in [6.07, 6.45) is 5.21. The first-order chi connectivity index (χ1) is 10.4. The minimum Gasteiger partial charge on any atom is -0.242 e. The first kappa shape index (κ1) is 14.3. The molecule has 2 unspecified atom stereocenters. The summed E-state index contributed by atoms with van der Waals surface area (Å²) < 4.78 is 15.3. The van der Waals surface area contributed by atoms with Gasteiger partial charge in [-0.15, -0.1) is 0 Å². The van der Waals surface area contributed by atoms with Gasteiger partial charge in [0, 0.05) is 5.92 Å². The van der Waals surface area contributed by atoms with Gasteiger partial charge in [-0.25, -0.2) is 4.39 Å². The maximum Gasteiger partial charge on any atom is 0.132 e. The molecule has 1 aliphatic carbocycles. The summed E-state index contributed by atoms with van der Waals surface area (Å²) in [5.74, 6) is 0.463. The molecule has 1 aliphatic rings. The van der Waals surface area contributed by atoms with E-state index in [0.29, 0.717) is 5.92 Å². The largest absolute Gasteiger partial charge is 0.242 e. The Kier molecular flexibility index (Phi) is 4.69. The fourth-order valence-corrected chi connectivity index (χ4v) is 3.69. The number of rotatable bonds is 4. The first-order valence-electron chi connectivity index (χ1n) is 8.10. The predicted molar refractivity (Wildman–Crippen MR) is 86.0 cm³/mol. The molecule has 0 nitrogen and oxygen atoms in total. The van der Waals surface area contributed by atoms with Crippen LogP contribution in [0.4, 0.5) is 4.39 Å². The molecule has 0 saturated heterocycles. The van der Waals surface area contributed by atoms with Gasteiger partial charge in [-0.05, 0) is 29.9 Å². The molecule has 1 fully saturated rings. The van der Waals surface area contributed by atoms with Gasteiger partial charge in [0.05, 0.1) is 0 Å².